The third-order valence-corrected chi connectivity index (χ3v) is 8.82. The van der Waals surface area contributed by atoms with Gasteiger partial charge < -0.3 is 14.5 Å². The second-order valence-electron chi connectivity index (χ2n) is 8.69. The molecule has 9 heteroatoms. The van der Waals surface area contributed by atoms with Gasteiger partial charge in [-0.3, -0.25) is 13.9 Å². The van der Waals surface area contributed by atoms with Crippen LogP contribution in [0.15, 0.2) is 48.5 Å². The van der Waals surface area contributed by atoms with E-state index in [4.69, 9.17) is 4.74 Å². The van der Waals surface area contributed by atoms with Crippen LogP contribution in [0.4, 0.5) is 10.1 Å². The molecule has 2 fully saturated rings. The zero-order chi connectivity index (χ0) is 23.6. The van der Waals surface area contributed by atoms with Crippen molar-refractivity contribution in [2.45, 2.75) is 31.7 Å². The van der Waals surface area contributed by atoms with E-state index >= 15 is 4.39 Å². The van der Waals surface area contributed by atoms with Crippen molar-refractivity contribution >= 4 is 22.4 Å². The Hall–Kier alpha value is -2.17. The summed E-state index contributed by atoms with van der Waals surface area (Å²) in [5.41, 5.74) is 1.96. The molecule has 2 aromatic rings. The molecule has 2 heterocycles. The molecule has 2 N–H and O–H groups in total. The topological polar surface area (TPSA) is 76.5 Å². The molecule has 1 amide bonds. The first-order valence-electron chi connectivity index (χ1n) is 11.2. The lowest BCUT2D eigenvalue weighted by Crippen LogP contribution is -2.48. The highest BCUT2D eigenvalue weighted by molar-refractivity contribution is 8.22. The van der Waals surface area contributed by atoms with Crippen molar-refractivity contribution in [2.75, 3.05) is 44.3 Å². The molecule has 2 aromatic carbocycles. The minimum Gasteiger partial charge on any atom is -0.377 e. The Balaban J connectivity index is 1.52. The first kappa shape index (κ1) is 24.0. The van der Waals surface area contributed by atoms with Crippen molar-refractivity contribution in [1.82, 2.24) is 9.21 Å². The Labute approximate surface area is 196 Å². The van der Waals surface area contributed by atoms with Crippen molar-refractivity contribution < 1.29 is 23.0 Å². The maximum absolute atomic E-state index is 15.2. The highest BCUT2D eigenvalue weighted by Crippen LogP contribution is 2.59. The van der Waals surface area contributed by atoms with E-state index in [1.165, 1.54) is 6.07 Å². The van der Waals surface area contributed by atoms with Crippen molar-refractivity contribution in [2.24, 2.45) is 0 Å². The molecule has 2 atom stereocenters. The molecule has 1 unspecified atom stereocenters. The molecular formula is C24H32FN3O4S. The molecule has 2 aliphatic heterocycles. The van der Waals surface area contributed by atoms with E-state index in [-0.39, 0.29) is 30.9 Å². The van der Waals surface area contributed by atoms with Crippen LogP contribution < -0.4 is 4.90 Å². The lowest BCUT2D eigenvalue weighted by Gasteiger charge is -2.48. The van der Waals surface area contributed by atoms with Gasteiger partial charge in [0.15, 0.2) is 0 Å². The third-order valence-electron chi connectivity index (χ3n) is 6.47. The number of rotatable bonds is 4. The predicted molar refractivity (Wildman–Crippen MR) is 129 cm³/mol. The third kappa shape index (κ3) is 5.17. The summed E-state index contributed by atoms with van der Waals surface area (Å²) >= 11 is 0. The summed E-state index contributed by atoms with van der Waals surface area (Å²) in [5.74, 6) is -0.329. The fourth-order valence-corrected chi connectivity index (χ4v) is 6.50. The lowest BCUT2D eigenvalue weighted by atomic mass is 10.1. The number of anilines is 1. The summed E-state index contributed by atoms with van der Waals surface area (Å²) in [5, 5.41) is -0.608. The zero-order valence-electron chi connectivity index (χ0n) is 19.1. The second-order valence-corrected chi connectivity index (χ2v) is 10.9. The van der Waals surface area contributed by atoms with E-state index in [9.17, 15) is 13.9 Å². The average Bonchev–Trinajstić information content (AvgIpc) is 2.91. The van der Waals surface area contributed by atoms with Gasteiger partial charge in [-0.15, -0.1) is 10.8 Å². The van der Waals surface area contributed by atoms with Crippen LogP contribution in [-0.4, -0.2) is 69.7 Å². The smallest absolute Gasteiger partial charge is 0.219 e. The number of piperazine rings is 1. The fourth-order valence-electron chi connectivity index (χ4n) is 4.45. The van der Waals surface area contributed by atoms with E-state index in [0.29, 0.717) is 38.3 Å². The quantitative estimate of drug-likeness (QED) is 0.690. The summed E-state index contributed by atoms with van der Waals surface area (Å²) in [6.07, 6.45) is 0. The number of benzene rings is 2. The molecule has 0 radical (unpaired) electrons. The van der Waals surface area contributed by atoms with Gasteiger partial charge in [0.2, 0.25) is 5.91 Å². The standard InChI is InChI=1S/C24H32FN3O4S/c1-18-16-32-17-24(20-6-4-3-5-7-20)33(30,31)28(18)15-21-8-9-22(14-23(21)25)27-12-10-26(11-13-27)19(2)29/h3-9,14,18,24,30-31H,10-13,15-17H2,1-2H3/t18-,24?/m0/s1. The van der Waals surface area contributed by atoms with Gasteiger partial charge in [-0.1, -0.05) is 36.4 Å². The van der Waals surface area contributed by atoms with Gasteiger partial charge >= 0.3 is 0 Å². The normalized spacial score (nSPS) is 24.9. The van der Waals surface area contributed by atoms with E-state index in [2.05, 4.69) is 4.90 Å². The van der Waals surface area contributed by atoms with Crippen molar-refractivity contribution in [1.29, 1.82) is 0 Å². The van der Waals surface area contributed by atoms with Gasteiger partial charge in [0.25, 0.3) is 0 Å². The fraction of sp³-hybridized carbons (Fsp3) is 0.458. The largest absolute Gasteiger partial charge is 0.377 e. The molecule has 33 heavy (non-hydrogen) atoms. The molecule has 7 nitrogen and oxygen atoms in total. The predicted octanol–water partition coefficient (Wildman–Crippen LogP) is 4.12. The minimum atomic E-state index is -3.27. The summed E-state index contributed by atoms with van der Waals surface area (Å²) in [6, 6.07) is 14.1. The average molecular weight is 478 g/mol. The number of ether oxygens (including phenoxy) is 1. The second kappa shape index (κ2) is 9.99. The summed E-state index contributed by atoms with van der Waals surface area (Å²) in [6.45, 7) is 6.56. The van der Waals surface area contributed by atoms with Crippen LogP contribution in [-0.2, 0) is 16.1 Å². The van der Waals surface area contributed by atoms with Crippen molar-refractivity contribution in [3.8, 4) is 0 Å². The van der Waals surface area contributed by atoms with Gasteiger partial charge in [-0.25, -0.2) is 4.39 Å². The summed E-state index contributed by atoms with van der Waals surface area (Å²) < 4.78 is 45.1. The zero-order valence-corrected chi connectivity index (χ0v) is 19.9. The van der Waals surface area contributed by atoms with Gasteiger partial charge in [0.05, 0.1) is 13.2 Å². The number of amides is 1. The van der Waals surface area contributed by atoms with E-state index in [1.54, 1.807) is 22.2 Å². The van der Waals surface area contributed by atoms with Crippen molar-refractivity contribution in [3.63, 3.8) is 0 Å². The van der Waals surface area contributed by atoms with Crippen LogP contribution >= 0.6 is 10.8 Å². The summed E-state index contributed by atoms with van der Waals surface area (Å²) in [7, 11) is -3.27. The molecule has 2 saturated heterocycles. The molecular weight excluding hydrogens is 445 g/mol. The summed E-state index contributed by atoms with van der Waals surface area (Å²) in [4.78, 5) is 15.4. The van der Waals surface area contributed by atoms with E-state index in [0.717, 1.165) is 11.3 Å². The molecule has 4 rings (SSSR count). The number of carbonyl (C=O) groups is 1. The molecule has 0 spiro atoms. The minimum absolute atomic E-state index is 0.0551. The highest BCUT2D eigenvalue weighted by atomic mass is 32.3. The van der Waals surface area contributed by atoms with E-state index in [1.807, 2.05) is 43.3 Å². The monoisotopic (exact) mass is 477 g/mol. The Morgan fingerprint density at radius 1 is 1.09 bits per heavy atom. The number of halogens is 1. The van der Waals surface area contributed by atoms with Crippen LogP contribution in [0.5, 0.6) is 0 Å². The van der Waals surface area contributed by atoms with Crippen molar-refractivity contribution in [3.05, 3.63) is 65.5 Å². The number of hydrogen-bond acceptors (Lipinski definition) is 6. The molecule has 180 valence electrons. The first-order valence-corrected chi connectivity index (χ1v) is 12.8. The molecule has 0 saturated carbocycles. The van der Waals surface area contributed by atoms with Crippen LogP contribution in [0, 0.1) is 5.82 Å². The van der Waals surface area contributed by atoms with Crippen LogP contribution in [0.25, 0.3) is 0 Å². The van der Waals surface area contributed by atoms with Gasteiger partial charge in [0, 0.05) is 56.9 Å². The number of nitrogens with zero attached hydrogens (tertiary/aromatic N) is 3. The molecule has 0 bridgehead atoms. The number of carbonyl (C=O) groups excluding carboxylic acids is 1. The Kier molecular flexibility index (Phi) is 7.25. The van der Waals surface area contributed by atoms with Gasteiger partial charge in [-0.2, -0.15) is 4.31 Å². The Morgan fingerprint density at radius 3 is 2.42 bits per heavy atom. The Morgan fingerprint density at radius 2 is 1.79 bits per heavy atom. The van der Waals surface area contributed by atoms with Crippen LogP contribution in [0.3, 0.4) is 0 Å². The number of hydrogen-bond donors (Lipinski definition) is 2. The maximum Gasteiger partial charge on any atom is 0.219 e. The first-order chi connectivity index (χ1) is 15.8. The van der Waals surface area contributed by atoms with Gasteiger partial charge in [-0.05, 0) is 24.6 Å². The molecule has 2 aliphatic rings. The SMILES string of the molecule is CC(=O)N1CCN(c2ccc(CN3[C@@H](C)COCC(c4ccccc4)S3(O)O)c(F)c2)CC1. The highest BCUT2D eigenvalue weighted by Gasteiger charge is 2.39. The van der Waals surface area contributed by atoms with Crippen LogP contribution in [0.2, 0.25) is 0 Å². The molecule has 0 aromatic heterocycles. The Bertz CT molecular complexity index is 969. The molecule has 0 aliphatic carbocycles. The van der Waals surface area contributed by atoms with E-state index < -0.39 is 16.0 Å². The maximum atomic E-state index is 15.2. The van der Waals surface area contributed by atoms with Crippen LogP contribution in [0.1, 0.15) is 30.2 Å². The lowest BCUT2D eigenvalue weighted by molar-refractivity contribution is -0.129. The van der Waals surface area contributed by atoms with Gasteiger partial charge in [0.1, 0.15) is 11.1 Å².